The van der Waals surface area contributed by atoms with Crippen LogP contribution in [0.5, 0.6) is 0 Å². The third-order valence-electron chi connectivity index (χ3n) is 14.4. The molecule has 17 unspecified atom stereocenters. The van der Waals surface area contributed by atoms with Gasteiger partial charge in [0.15, 0.2) is 18.9 Å². The second kappa shape index (κ2) is 44.9. The summed E-state index contributed by atoms with van der Waals surface area (Å²) < 4.78 is 34.2. The van der Waals surface area contributed by atoms with Crippen LogP contribution in [0.25, 0.3) is 0 Å². The van der Waals surface area contributed by atoms with Crippen molar-refractivity contribution in [2.45, 2.75) is 253 Å². The number of nitrogens with one attached hydrogen (secondary N) is 1. The monoisotopic (exact) mass is 1160 g/mol. The average molecular weight is 1160 g/mol. The highest BCUT2D eigenvalue weighted by atomic mass is 16.8. The van der Waals surface area contributed by atoms with E-state index < -0.39 is 124 Å². The summed E-state index contributed by atoms with van der Waals surface area (Å²) in [5.74, 6) is -0.310. The highest BCUT2D eigenvalue weighted by Crippen LogP contribution is 2.33. The van der Waals surface area contributed by atoms with Gasteiger partial charge in [0.2, 0.25) is 5.91 Å². The maximum Gasteiger partial charge on any atom is 0.220 e. The van der Waals surface area contributed by atoms with E-state index in [9.17, 15) is 61.0 Å². The molecule has 3 fully saturated rings. The quantitative estimate of drug-likeness (QED) is 0.0264. The van der Waals surface area contributed by atoms with Crippen molar-refractivity contribution >= 4 is 5.91 Å². The van der Waals surface area contributed by atoms with Crippen molar-refractivity contribution in [2.24, 2.45) is 0 Å². The van der Waals surface area contributed by atoms with E-state index in [1.54, 1.807) is 0 Å². The first-order valence-electron chi connectivity index (χ1n) is 30.1. The van der Waals surface area contributed by atoms with Gasteiger partial charge in [-0.1, -0.05) is 175 Å². The van der Waals surface area contributed by atoms with E-state index in [0.29, 0.717) is 25.7 Å². The number of amides is 1. The molecule has 3 aliphatic heterocycles. The molecule has 3 aliphatic rings. The van der Waals surface area contributed by atoms with Gasteiger partial charge in [0.1, 0.15) is 73.2 Å². The Labute approximate surface area is 487 Å². The van der Waals surface area contributed by atoms with Gasteiger partial charge in [-0.05, 0) is 77.0 Å². The molecule has 0 aromatic rings. The lowest BCUT2D eigenvalue weighted by Crippen LogP contribution is -2.66. The average Bonchev–Trinajstić information content (AvgIpc) is 3.60. The van der Waals surface area contributed by atoms with E-state index >= 15 is 0 Å². The molecule has 468 valence electrons. The zero-order valence-corrected chi connectivity index (χ0v) is 48.7. The second-order valence-electron chi connectivity index (χ2n) is 21.1. The van der Waals surface area contributed by atoms with Crippen molar-refractivity contribution in [1.29, 1.82) is 0 Å². The van der Waals surface area contributed by atoms with Crippen LogP contribution < -0.4 is 5.32 Å². The Balaban J connectivity index is 1.43. The largest absolute Gasteiger partial charge is 0.394 e. The Hall–Kier alpha value is -3.55. The summed E-state index contributed by atoms with van der Waals surface area (Å²) >= 11 is 0. The SMILES string of the molecule is CC/C=C\C/C=C\C/C=C\C/C=C\C/C=C\C/C=C\C/C=C\C/C=C\C/C=C\CCCC(=O)NC(COC1OC(CO)C(OC2OC(CO)C(OC3OC(CO)C(O)C(O)C3O)C(O)C2O)C(O)C1O)C(O)CCCCCCCCCC. The van der Waals surface area contributed by atoms with Crippen LogP contribution in [0.4, 0.5) is 0 Å². The molecule has 0 saturated carbocycles. The first kappa shape index (κ1) is 72.7. The Morgan fingerprint density at radius 3 is 1.27 bits per heavy atom. The minimum atomic E-state index is -1.98. The van der Waals surface area contributed by atoms with Crippen LogP contribution >= 0.6 is 0 Å². The van der Waals surface area contributed by atoms with Crippen LogP contribution in [0.1, 0.15) is 149 Å². The summed E-state index contributed by atoms with van der Waals surface area (Å²) in [4.78, 5) is 13.3. The van der Waals surface area contributed by atoms with Crippen molar-refractivity contribution in [2.75, 3.05) is 26.4 Å². The first-order chi connectivity index (χ1) is 39.8. The van der Waals surface area contributed by atoms with E-state index in [1.165, 1.54) is 12.8 Å². The zero-order valence-electron chi connectivity index (χ0n) is 48.7. The zero-order chi connectivity index (χ0) is 59.7. The van der Waals surface area contributed by atoms with Crippen LogP contribution in [0.3, 0.4) is 0 Å². The van der Waals surface area contributed by atoms with Crippen molar-refractivity contribution in [3.05, 3.63) is 109 Å². The van der Waals surface area contributed by atoms with Crippen molar-refractivity contribution < 1.29 is 89.4 Å². The number of ether oxygens (including phenoxy) is 6. The smallest absolute Gasteiger partial charge is 0.220 e. The summed E-state index contributed by atoms with van der Waals surface area (Å²) in [5.41, 5.74) is 0. The fourth-order valence-electron chi connectivity index (χ4n) is 9.43. The van der Waals surface area contributed by atoms with E-state index in [0.717, 1.165) is 89.9 Å². The van der Waals surface area contributed by atoms with Gasteiger partial charge in [-0.2, -0.15) is 0 Å². The molecular weight excluding hydrogens is 1060 g/mol. The third kappa shape index (κ3) is 28.1. The summed E-state index contributed by atoms with van der Waals surface area (Å²) in [6.45, 7) is 1.54. The highest BCUT2D eigenvalue weighted by molar-refractivity contribution is 5.76. The van der Waals surface area contributed by atoms with Crippen molar-refractivity contribution in [3.63, 3.8) is 0 Å². The number of hydrogen-bond donors (Lipinski definition) is 12. The van der Waals surface area contributed by atoms with Crippen LogP contribution in [-0.4, -0.2) is 193 Å². The van der Waals surface area contributed by atoms with Gasteiger partial charge in [-0.25, -0.2) is 0 Å². The minimum Gasteiger partial charge on any atom is -0.394 e. The standard InChI is InChI=1S/C63H103NO18/c1-3-5-7-9-11-13-14-15-16-17-18-19-20-21-22-23-24-25-26-27-28-29-30-31-32-33-35-37-39-41-51(69)64-46(47(68)40-38-36-34-12-10-8-6-4-2)45-77-61-57(75)54(72)59(49(43-66)79-61)82-63-58(76)55(73)60(50(44-67)80-63)81-62-56(74)53(71)52(70)48(42-65)78-62/h5,7,11,13,15-16,18-19,21-22,24-25,27-28,30-31,33,35,46-50,52-63,65-68,70-76H,3-4,6,8-10,12,14,17,20,23,26,29,32,34,36-45H2,1-2H3,(H,64,69)/b7-5-,13-11-,16-15-,19-18-,22-21-,25-24-,28-27-,31-30-,35-33-. The van der Waals surface area contributed by atoms with Crippen LogP contribution in [-0.2, 0) is 33.2 Å². The summed E-state index contributed by atoms with van der Waals surface area (Å²) in [6, 6.07) is -0.923. The van der Waals surface area contributed by atoms with Gasteiger partial charge in [0, 0.05) is 6.42 Å². The van der Waals surface area contributed by atoms with Crippen LogP contribution in [0.15, 0.2) is 109 Å². The van der Waals surface area contributed by atoms with Gasteiger partial charge in [0.05, 0.1) is 38.6 Å². The first-order valence-corrected chi connectivity index (χ1v) is 30.1. The van der Waals surface area contributed by atoms with Crippen molar-refractivity contribution in [1.82, 2.24) is 5.32 Å². The van der Waals surface area contributed by atoms with Gasteiger partial charge >= 0.3 is 0 Å². The fourth-order valence-corrected chi connectivity index (χ4v) is 9.43. The van der Waals surface area contributed by atoms with Gasteiger partial charge in [0.25, 0.3) is 0 Å². The molecule has 19 nitrogen and oxygen atoms in total. The lowest BCUT2D eigenvalue weighted by atomic mass is 9.96. The summed E-state index contributed by atoms with van der Waals surface area (Å²) in [7, 11) is 0. The van der Waals surface area contributed by atoms with E-state index in [4.69, 9.17) is 28.4 Å². The fraction of sp³-hybridized carbons (Fsp3) is 0.698. The molecule has 0 spiro atoms. The van der Waals surface area contributed by atoms with E-state index in [1.807, 2.05) is 6.08 Å². The minimum absolute atomic E-state index is 0.178. The summed E-state index contributed by atoms with van der Waals surface area (Å²) in [5, 5.41) is 120. The third-order valence-corrected chi connectivity index (χ3v) is 14.4. The molecule has 82 heavy (non-hydrogen) atoms. The molecule has 12 N–H and O–H groups in total. The molecule has 1 amide bonds. The summed E-state index contributed by atoms with van der Waals surface area (Å²) in [6.07, 6.45) is 30.7. The maximum absolute atomic E-state index is 13.3. The van der Waals surface area contributed by atoms with Crippen LogP contribution in [0.2, 0.25) is 0 Å². The number of rotatable bonds is 42. The number of unbranched alkanes of at least 4 members (excludes halogenated alkanes) is 8. The number of aliphatic hydroxyl groups excluding tert-OH is 11. The molecule has 3 rings (SSSR count). The van der Waals surface area contributed by atoms with Crippen LogP contribution in [0, 0.1) is 0 Å². The van der Waals surface area contributed by atoms with Gasteiger partial charge in [-0.15, -0.1) is 0 Å². The molecule has 0 aromatic carbocycles. The van der Waals surface area contributed by atoms with E-state index in [2.05, 4.69) is 122 Å². The number of allylic oxidation sites excluding steroid dienone is 18. The number of carbonyl (C=O) groups excluding carboxylic acids is 1. The maximum atomic E-state index is 13.3. The lowest BCUT2D eigenvalue weighted by molar-refractivity contribution is -0.379. The second-order valence-corrected chi connectivity index (χ2v) is 21.1. The highest BCUT2D eigenvalue weighted by Gasteiger charge is 2.53. The molecule has 3 saturated heterocycles. The molecule has 0 bridgehead atoms. The Morgan fingerprint density at radius 1 is 0.451 bits per heavy atom. The topological polar surface area (TPSA) is 307 Å². The number of aliphatic hydroxyl groups is 11. The number of carbonyl (C=O) groups is 1. The molecule has 0 aliphatic carbocycles. The van der Waals surface area contributed by atoms with Crippen molar-refractivity contribution in [3.8, 4) is 0 Å². The predicted octanol–water partition coefficient (Wildman–Crippen LogP) is 5.53. The molecular formula is C63H103NO18. The molecule has 19 heteroatoms. The van der Waals surface area contributed by atoms with Gasteiger partial charge < -0.3 is 89.9 Å². The molecule has 17 atom stereocenters. The van der Waals surface area contributed by atoms with E-state index in [-0.39, 0.29) is 18.9 Å². The molecule has 0 aromatic heterocycles. The lowest BCUT2D eigenvalue weighted by Gasteiger charge is -2.48. The predicted molar refractivity (Wildman–Crippen MR) is 313 cm³/mol. The molecule has 0 radical (unpaired) electrons. The Kier molecular flexibility index (Phi) is 39.8. The number of hydrogen-bond acceptors (Lipinski definition) is 18. The Bertz CT molecular complexity index is 1920. The Morgan fingerprint density at radius 2 is 0.829 bits per heavy atom. The van der Waals surface area contributed by atoms with Gasteiger partial charge in [-0.3, -0.25) is 4.79 Å². The molecule has 3 heterocycles. The normalized spacial score (nSPS) is 30.4.